The molecule has 0 atom stereocenters. The molecule has 0 saturated carbocycles. The maximum Gasteiger partial charge on any atom is 0.360 e. The summed E-state index contributed by atoms with van der Waals surface area (Å²) in [5.74, 6) is 0.573. The number of ether oxygens (including phenoxy) is 8. The fraction of sp³-hybridized carbons (Fsp3) is 0.176. The van der Waals surface area contributed by atoms with Crippen LogP contribution in [0.1, 0.15) is 60.9 Å². The van der Waals surface area contributed by atoms with Gasteiger partial charge in [0, 0.05) is 29.4 Å². The molecule has 1 heterocycles. The van der Waals surface area contributed by atoms with Crippen LogP contribution >= 0.6 is 11.6 Å². The Bertz CT molecular complexity index is 4170. The average molecular weight is 1310 g/mol. The van der Waals surface area contributed by atoms with E-state index in [2.05, 4.69) is 19.2 Å². The summed E-state index contributed by atoms with van der Waals surface area (Å²) in [4.78, 5) is 62.4. The number of nitrogens with zero attached hydrogens (tertiary/aromatic N) is 2. The zero-order valence-corrected chi connectivity index (χ0v) is 52.7. The number of esters is 5. The number of nitrogens with one attached hydrogen (secondary N) is 1. The lowest BCUT2D eigenvalue weighted by atomic mass is 10.1. The van der Waals surface area contributed by atoms with Crippen LogP contribution in [0.25, 0.3) is 10.8 Å². The molecule has 0 aliphatic carbocycles. The van der Waals surface area contributed by atoms with Crippen LogP contribution in [0.4, 0.5) is 0 Å². The van der Waals surface area contributed by atoms with E-state index in [9.17, 15) is 45.9 Å². The highest BCUT2D eigenvalue weighted by Crippen LogP contribution is 2.33. The van der Waals surface area contributed by atoms with E-state index in [1.165, 1.54) is 72.1 Å². The van der Waals surface area contributed by atoms with Gasteiger partial charge in [0.15, 0.2) is 11.4 Å². The highest BCUT2D eigenvalue weighted by Gasteiger charge is 2.29. The number of carbonyl (C=O) groups is 5. The molecule has 21 nitrogen and oxygen atoms in total. The van der Waals surface area contributed by atoms with E-state index in [-0.39, 0.29) is 53.2 Å². The van der Waals surface area contributed by atoms with Crippen molar-refractivity contribution in [2.45, 2.75) is 43.5 Å². The Balaban J connectivity index is 0.000000232. The van der Waals surface area contributed by atoms with Gasteiger partial charge in [0.25, 0.3) is 0 Å². The van der Waals surface area contributed by atoms with Crippen molar-refractivity contribution in [2.24, 2.45) is 0 Å². The normalized spacial score (nSPS) is 10.6. The minimum absolute atomic E-state index is 0. The smallest absolute Gasteiger partial charge is 0.360 e. The molecule has 2 N–H and O–H groups in total. The molecular weight excluding hydrogens is 1250 g/mol. The lowest BCUT2D eigenvalue weighted by Crippen LogP contribution is -2.36. The molecular formula is C68H68ClN3O18S2. The van der Waals surface area contributed by atoms with Crippen LogP contribution in [0.2, 0.25) is 0 Å². The van der Waals surface area contributed by atoms with Gasteiger partial charge in [-0.15, -0.1) is 11.6 Å². The number of pyridine rings is 1. The van der Waals surface area contributed by atoms with Gasteiger partial charge in [0.1, 0.15) is 47.6 Å². The van der Waals surface area contributed by atoms with E-state index in [4.69, 9.17) is 40.0 Å². The van der Waals surface area contributed by atoms with Crippen molar-refractivity contribution in [3.63, 3.8) is 0 Å². The largest absolute Gasteiger partial charge is 0.505 e. The Kier molecular flexibility index (Phi) is 27.8. The van der Waals surface area contributed by atoms with Gasteiger partial charge in [-0.1, -0.05) is 97.4 Å². The van der Waals surface area contributed by atoms with Crippen molar-refractivity contribution in [3.05, 3.63) is 239 Å². The minimum Gasteiger partial charge on any atom is -0.505 e. The SMILES string of the molecule is C.COC(=O)CN(Cc1cc(Oc2ccccc2)ccc1C(=O)OC)S(=O)(=O)c1ccc(C)cc1.COC(=O)CNS(=O)(=O)c1ccc(C)cc1.COC(=O)c1ccc(Oc2ccccc2)cc1CCl.COC(=O)c1ncc2cc(Oc3ccccc3)ccc2c1O. The quantitative estimate of drug-likeness (QED) is 0.0407. The second-order valence-corrected chi connectivity index (χ2v) is 23.0. The molecule has 0 aliphatic rings. The Hall–Kier alpha value is -10.2. The standard InChI is InChI=1S/C25H25NO7S.C17H13NO4.C15H13ClO3.C10H13NO4S.CH4/c1-18-9-12-22(13-10-18)34(29,30)26(17-24(27)31-2)16-19-15-21(11-14-23(19)25(28)32-3)33-20-7-5-4-6-8-20;1-21-17(20)15-16(19)14-8-7-13(9-11(14)10-18-15)22-12-5-3-2-4-6-12;1-18-15(17)14-8-7-13(9-11(14)10-16)19-12-5-3-2-4-6-12;1-8-3-5-9(6-4-8)16(13,14)11-7-10(12)15-2;/h4-15H,16-17H2,1-3H3;2-10,19H,1H3;2-9H,10H2,1H3;3-6,11H,7H2,1-2H3;1H4. The number of rotatable bonds is 20. The van der Waals surface area contributed by atoms with Gasteiger partial charge in [-0.2, -0.15) is 9.03 Å². The number of alkyl halides is 1. The summed E-state index contributed by atoms with van der Waals surface area (Å²) >= 11 is 5.84. The van der Waals surface area contributed by atoms with Gasteiger partial charge in [0.05, 0.1) is 56.5 Å². The molecule has 9 rings (SSSR count). The summed E-state index contributed by atoms with van der Waals surface area (Å²) in [5.41, 5.74) is 3.34. The molecule has 0 saturated heterocycles. The Morgan fingerprint density at radius 2 is 0.924 bits per heavy atom. The molecule has 0 bridgehead atoms. The fourth-order valence-electron chi connectivity index (χ4n) is 8.01. The fourth-order valence-corrected chi connectivity index (χ4v) is 10.6. The van der Waals surface area contributed by atoms with E-state index in [1.807, 2.05) is 92.7 Å². The van der Waals surface area contributed by atoms with E-state index in [0.717, 1.165) is 21.2 Å². The maximum atomic E-state index is 13.4. The molecule has 0 fully saturated rings. The first-order valence-corrected chi connectivity index (χ1v) is 30.7. The Labute approximate surface area is 539 Å². The summed E-state index contributed by atoms with van der Waals surface area (Å²) in [6.45, 7) is 2.49. The second-order valence-electron chi connectivity index (χ2n) is 19.1. The molecule has 24 heteroatoms. The number of aromatic hydroxyl groups is 1. The van der Waals surface area contributed by atoms with Crippen LogP contribution in [-0.4, -0.2) is 110 Å². The summed E-state index contributed by atoms with van der Waals surface area (Å²) in [5, 5.41) is 11.3. The number of halogens is 1. The summed E-state index contributed by atoms with van der Waals surface area (Å²) in [6.07, 6.45) is 1.50. The van der Waals surface area contributed by atoms with E-state index >= 15 is 0 Å². The molecule has 92 heavy (non-hydrogen) atoms. The Morgan fingerprint density at radius 1 is 0.500 bits per heavy atom. The molecule has 0 amide bonds. The number of benzene rings is 8. The molecule has 1 aromatic heterocycles. The number of methoxy groups -OCH3 is 5. The molecule has 0 unspecified atom stereocenters. The van der Waals surface area contributed by atoms with Crippen LogP contribution in [0.5, 0.6) is 40.2 Å². The van der Waals surface area contributed by atoms with Crippen molar-refractivity contribution in [1.29, 1.82) is 0 Å². The van der Waals surface area contributed by atoms with Gasteiger partial charge in [-0.05, 0) is 140 Å². The first-order valence-electron chi connectivity index (χ1n) is 27.3. The molecule has 8 aromatic carbocycles. The number of fused-ring (bicyclic) bond motifs is 1. The summed E-state index contributed by atoms with van der Waals surface area (Å²) in [7, 11) is -1.55. The lowest BCUT2D eigenvalue weighted by molar-refractivity contribution is -0.141. The van der Waals surface area contributed by atoms with E-state index in [1.54, 1.807) is 84.9 Å². The number of para-hydroxylation sites is 3. The minimum atomic E-state index is -4.10. The number of sulfonamides is 2. The highest BCUT2D eigenvalue weighted by atomic mass is 35.5. The third-order valence-corrected chi connectivity index (χ3v) is 16.3. The number of aromatic nitrogens is 1. The van der Waals surface area contributed by atoms with Crippen LogP contribution in [0.15, 0.2) is 210 Å². The maximum absolute atomic E-state index is 13.4. The lowest BCUT2D eigenvalue weighted by Gasteiger charge is -2.22. The van der Waals surface area contributed by atoms with Crippen LogP contribution in [-0.2, 0) is 65.7 Å². The van der Waals surface area contributed by atoms with E-state index < -0.39 is 56.4 Å². The first-order chi connectivity index (χ1) is 43.6. The predicted octanol–water partition coefficient (Wildman–Crippen LogP) is 12.5. The monoisotopic (exact) mass is 1310 g/mol. The number of carbonyl (C=O) groups excluding carboxylic acids is 5. The molecule has 0 radical (unpaired) electrons. The van der Waals surface area contributed by atoms with Crippen molar-refractivity contribution in [3.8, 4) is 40.2 Å². The van der Waals surface area contributed by atoms with Gasteiger partial charge in [-0.3, -0.25) is 9.59 Å². The zero-order valence-electron chi connectivity index (χ0n) is 50.4. The van der Waals surface area contributed by atoms with Gasteiger partial charge in [0.2, 0.25) is 20.0 Å². The van der Waals surface area contributed by atoms with Crippen LogP contribution in [0, 0.1) is 13.8 Å². The van der Waals surface area contributed by atoms with Crippen LogP contribution in [0.3, 0.4) is 0 Å². The molecule has 482 valence electrons. The zero-order chi connectivity index (χ0) is 66.1. The number of hydrogen-bond donors (Lipinski definition) is 2. The molecule has 9 aromatic rings. The van der Waals surface area contributed by atoms with E-state index in [0.29, 0.717) is 56.2 Å². The third kappa shape index (κ3) is 21.0. The topological polar surface area (TPSA) is 276 Å². The van der Waals surface area contributed by atoms with Crippen molar-refractivity contribution < 1.29 is 83.8 Å². The van der Waals surface area contributed by atoms with Crippen molar-refractivity contribution >= 4 is 72.3 Å². The van der Waals surface area contributed by atoms with Crippen molar-refractivity contribution in [2.75, 3.05) is 48.6 Å². The van der Waals surface area contributed by atoms with Crippen LogP contribution < -0.4 is 18.9 Å². The second kappa shape index (κ2) is 35.3. The van der Waals surface area contributed by atoms with Gasteiger partial charge < -0.3 is 43.0 Å². The van der Waals surface area contributed by atoms with Gasteiger partial charge >= 0.3 is 29.8 Å². The summed E-state index contributed by atoms with van der Waals surface area (Å²) < 4.78 is 93.6. The highest BCUT2D eigenvalue weighted by molar-refractivity contribution is 7.89. The third-order valence-electron chi connectivity index (χ3n) is 12.8. The average Bonchev–Trinajstić information content (AvgIpc) is 0.841. The van der Waals surface area contributed by atoms with Crippen molar-refractivity contribution in [1.82, 2.24) is 14.0 Å². The predicted molar refractivity (Wildman–Crippen MR) is 345 cm³/mol. The molecule has 0 aliphatic heterocycles. The van der Waals surface area contributed by atoms with Gasteiger partial charge in [-0.25, -0.2) is 36.2 Å². The summed E-state index contributed by atoms with van der Waals surface area (Å²) in [6, 6.07) is 55.2. The first kappa shape index (κ1) is 72.6. The molecule has 0 spiro atoms. The number of aryl methyl sites for hydroxylation is 2. The Morgan fingerprint density at radius 3 is 1.37 bits per heavy atom. The number of hydrogen-bond acceptors (Lipinski definition) is 19.